The first kappa shape index (κ1) is 11.2. The summed E-state index contributed by atoms with van der Waals surface area (Å²) in [6, 6.07) is 3.98. The zero-order chi connectivity index (χ0) is 11.9. The van der Waals surface area contributed by atoms with Crippen LogP contribution in [0.1, 0.15) is 16.8 Å². The number of carboxylic acid groups (broad SMARTS) is 1. The Kier molecular flexibility index (Phi) is 2.76. The van der Waals surface area contributed by atoms with Gasteiger partial charge in [0.15, 0.2) is 0 Å². The maximum Gasteiger partial charge on any atom is 0.307 e. The van der Waals surface area contributed by atoms with Crippen molar-refractivity contribution in [3.05, 3.63) is 33.4 Å². The maximum atomic E-state index is 10.8. The van der Waals surface area contributed by atoms with Gasteiger partial charge in [-0.15, -0.1) is 0 Å². The van der Waals surface area contributed by atoms with Crippen LogP contribution in [-0.4, -0.2) is 16.1 Å². The van der Waals surface area contributed by atoms with E-state index in [1.165, 1.54) is 0 Å². The molecule has 1 aromatic carbocycles. The Labute approximate surface area is 102 Å². The molecule has 0 amide bonds. The summed E-state index contributed by atoms with van der Waals surface area (Å²) in [6.45, 7) is 3.92. The number of H-pyrrole nitrogens is 1. The quantitative estimate of drug-likeness (QED) is 0.888. The largest absolute Gasteiger partial charge is 0.481 e. The van der Waals surface area contributed by atoms with Crippen molar-refractivity contribution in [2.45, 2.75) is 20.3 Å². The SMILES string of the molecule is Cc1[nH]c2c(C)cc(Br)cc2c1CC(=O)O. The van der Waals surface area contributed by atoms with Crippen LogP contribution >= 0.6 is 15.9 Å². The molecule has 2 N–H and O–H groups in total. The van der Waals surface area contributed by atoms with Crippen LogP contribution in [0.2, 0.25) is 0 Å². The minimum atomic E-state index is -0.804. The molecule has 0 atom stereocenters. The van der Waals surface area contributed by atoms with E-state index in [1.54, 1.807) is 0 Å². The van der Waals surface area contributed by atoms with Gasteiger partial charge in [0.05, 0.1) is 6.42 Å². The standard InChI is InChI=1S/C12H12BrNO2/c1-6-3-8(13)4-10-9(5-11(15)16)7(2)14-12(6)10/h3-4,14H,5H2,1-2H3,(H,15,16). The number of aliphatic carboxylic acids is 1. The van der Waals surface area contributed by atoms with Crippen LogP contribution in [0.3, 0.4) is 0 Å². The predicted octanol–water partition coefficient (Wildman–Crippen LogP) is 3.17. The Hall–Kier alpha value is -1.29. The van der Waals surface area contributed by atoms with Crippen molar-refractivity contribution in [1.82, 2.24) is 4.98 Å². The van der Waals surface area contributed by atoms with Gasteiger partial charge in [0.25, 0.3) is 0 Å². The molecule has 0 spiro atoms. The summed E-state index contributed by atoms with van der Waals surface area (Å²) in [6.07, 6.45) is 0.0573. The number of hydrogen-bond donors (Lipinski definition) is 2. The van der Waals surface area contributed by atoms with Gasteiger partial charge in [-0.1, -0.05) is 15.9 Å². The minimum absolute atomic E-state index is 0.0573. The van der Waals surface area contributed by atoms with E-state index in [-0.39, 0.29) is 6.42 Å². The summed E-state index contributed by atoms with van der Waals surface area (Å²) in [5.41, 5.74) is 3.94. The van der Waals surface area contributed by atoms with Gasteiger partial charge in [-0.3, -0.25) is 4.79 Å². The minimum Gasteiger partial charge on any atom is -0.481 e. The average molecular weight is 282 g/mol. The number of carboxylic acids is 1. The number of fused-ring (bicyclic) bond motifs is 1. The Morgan fingerprint density at radius 3 is 2.75 bits per heavy atom. The molecule has 1 heterocycles. The zero-order valence-electron chi connectivity index (χ0n) is 9.10. The first-order chi connectivity index (χ1) is 7.49. The number of aryl methyl sites for hydroxylation is 2. The Balaban J connectivity index is 2.73. The Bertz CT molecular complexity index is 572. The van der Waals surface area contributed by atoms with E-state index in [0.29, 0.717) is 0 Å². The summed E-state index contributed by atoms with van der Waals surface area (Å²) in [5, 5.41) is 9.87. The zero-order valence-corrected chi connectivity index (χ0v) is 10.7. The second kappa shape index (κ2) is 3.94. The van der Waals surface area contributed by atoms with Gasteiger partial charge in [0.1, 0.15) is 0 Å². The molecular formula is C12H12BrNO2. The number of benzene rings is 1. The molecule has 0 unspecified atom stereocenters. The van der Waals surface area contributed by atoms with Crippen molar-refractivity contribution in [3.63, 3.8) is 0 Å². The van der Waals surface area contributed by atoms with E-state index in [9.17, 15) is 4.79 Å². The van der Waals surface area contributed by atoms with E-state index in [2.05, 4.69) is 20.9 Å². The molecule has 4 heteroatoms. The van der Waals surface area contributed by atoms with Crippen LogP contribution in [0.4, 0.5) is 0 Å². The van der Waals surface area contributed by atoms with E-state index in [0.717, 1.165) is 32.2 Å². The first-order valence-electron chi connectivity index (χ1n) is 4.98. The highest BCUT2D eigenvalue weighted by Gasteiger charge is 2.13. The summed E-state index contributed by atoms with van der Waals surface area (Å²) in [7, 11) is 0. The molecule has 16 heavy (non-hydrogen) atoms. The smallest absolute Gasteiger partial charge is 0.307 e. The number of rotatable bonds is 2. The van der Waals surface area contributed by atoms with E-state index < -0.39 is 5.97 Å². The number of hydrogen-bond acceptors (Lipinski definition) is 1. The van der Waals surface area contributed by atoms with Crippen LogP contribution in [0.15, 0.2) is 16.6 Å². The van der Waals surface area contributed by atoms with Gasteiger partial charge < -0.3 is 10.1 Å². The van der Waals surface area contributed by atoms with E-state index in [1.807, 2.05) is 26.0 Å². The van der Waals surface area contributed by atoms with Crippen LogP contribution in [0, 0.1) is 13.8 Å². The van der Waals surface area contributed by atoms with E-state index in [4.69, 9.17) is 5.11 Å². The lowest BCUT2D eigenvalue weighted by molar-refractivity contribution is -0.136. The Morgan fingerprint density at radius 1 is 1.44 bits per heavy atom. The van der Waals surface area contributed by atoms with Gasteiger partial charge in [0, 0.05) is 21.1 Å². The van der Waals surface area contributed by atoms with Crippen molar-refractivity contribution >= 4 is 32.8 Å². The summed E-state index contributed by atoms with van der Waals surface area (Å²) >= 11 is 3.43. The predicted molar refractivity (Wildman–Crippen MR) is 66.8 cm³/mol. The molecule has 0 saturated heterocycles. The highest BCUT2D eigenvalue weighted by Crippen LogP contribution is 2.28. The highest BCUT2D eigenvalue weighted by atomic mass is 79.9. The summed E-state index contributed by atoms with van der Waals surface area (Å²) < 4.78 is 0.975. The molecular weight excluding hydrogens is 270 g/mol. The van der Waals surface area contributed by atoms with Crippen LogP contribution in [0.5, 0.6) is 0 Å². The van der Waals surface area contributed by atoms with Crippen LogP contribution in [0.25, 0.3) is 10.9 Å². The van der Waals surface area contributed by atoms with E-state index >= 15 is 0 Å². The third-order valence-corrected chi connectivity index (χ3v) is 3.18. The molecule has 0 radical (unpaired) electrons. The molecule has 2 rings (SSSR count). The second-order valence-corrected chi connectivity index (χ2v) is 4.86. The van der Waals surface area contributed by atoms with Crippen LogP contribution < -0.4 is 0 Å². The van der Waals surface area contributed by atoms with Gasteiger partial charge in [0.2, 0.25) is 0 Å². The number of carbonyl (C=O) groups is 1. The molecule has 0 aliphatic carbocycles. The van der Waals surface area contributed by atoms with Gasteiger partial charge in [-0.25, -0.2) is 0 Å². The number of aromatic amines is 1. The topological polar surface area (TPSA) is 53.1 Å². The monoisotopic (exact) mass is 281 g/mol. The average Bonchev–Trinajstić information content (AvgIpc) is 2.45. The highest BCUT2D eigenvalue weighted by molar-refractivity contribution is 9.10. The number of halogens is 1. The van der Waals surface area contributed by atoms with Crippen molar-refractivity contribution in [3.8, 4) is 0 Å². The third-order valence-electron chi connectivity index (χ3n) is 2.72. The third kappa shape index (κ3) is 1.85. The maximum absolute atomic E-state index is 10.8. The molecule has 0 saturated carbocycles. The lowest BCUT2D eigenvalue weighted by Crippen LogP contribution is -2.00. The first-order valence-corrected chi connectivity index (χ1v) is 5.77. The molecule has 0 aliphatic rings. The van der Waals surface area contributed by atoms with Crippen molar-refractivity contribution in [2.75, 3.05) is 0 Å². The molecule has 3 nitrogen and oxygen atoms in total. The molecule has 84 valence electrons. The summed E-state index contributed by atoms with van der Waals surface area (Å²) in [5.74, 6) is -0.804. The van der Waals surface area contributed by atoms with Crippen molar-refractivity contribution in [1.29, 1.82) is 0 Å². The molecule has 0 bridgehead atoms. The number of nitrogens with one attached hydrogen (secondary N) is 1. The van der Waals surface area contributed by atoms with Crippen LogP contribution in [-0.2, 0) is 11.2 Å². The number of aromatic nitrogens is 1. The molecule has 2 aromatic rings. The van der Waals surface area contributed by atoms with Gasteiger partial charge in [-0.2, -0.15) is 0 Å². The van der Waals surface area contributed by atoms with Gasteiger partial charge in [-0.05, 0) is 37.1 Å². The molecule has 0 fully saturated rings. The fourth-order valence-corrected chi connectivity index (χ4v) is 2.56. The fraction of sp³-hybridized carbons (Fsp3) is 0.250. The fourth-order valence-electron chi connectivity index (χ4n) is 1.99. The lowest BCUT2D eigenvalue weighted by atomic mass is 10.1. The second-order valence-electron chi connectivity index (χ2n) is 3.94. The molecule has 0 aliphatic heterocycles. The normalized spacial score (nSPS) is 10.9. The van der Waals surface area contributed by atoms with Crippen molar-refractivity contribution < 1.29 is 9.90 Å². The van der Waals surface area contributed by atoms with Crippen molar-refractivity contribution in [2.24, 2.45) is 0 Å². The molecule has 1 aromatic heterocycles. The van der Waals surface area contributed by atoms with Gasteiger partial charge >= 0.3 is 5.97 Å². The Morgan fingerprint density at radius 2 is 2.12 bits per heavy atom. The lowest BCUT2D eigenvalue weighted by Gasteiger charge is -2.00. The summed E-state index contributed by atoms with van der Waals surface area (Å²) in [4.78, 5) is 14.1.